The molecule has 16 heavy (non-hydrogen) atoms. The minimum atomic E-state index is 0.357. The first-order chi connectivity index (χ1) is 7.72. The summed E-state index contributed by atoms with van der Waals surface area (Å²) in [6, 6.07) is 7.74. The van der Waals surface area contributed by atoms with Gasteiger partial charge in [0.15, 0.2) is 0 Å². The zero-order valence-electron chi connectivity index (χ0n) is 9.03. The molecule has 0 spiro atoms. The normalized spacial score (nSPS) is 23.3. The number of ether oxygens (including phenoxy) is 1. The van der Waals surface area contributed by atoms with Crippen LogP contribution < -0.4 is 5.32 Å². The van der Waals surface area contributed by atoms with Gasteiger partial charge in [-0.05, 0) is 31.0 Å². The quantitative estimate of drug-likeness (QED) is 0.878. The van der Waals surface area contributed by atoms with Gasteiger partial charge in [0, 0.05) is 13.2 Å². The Morgan fingerprint density at radius 3 is 2.88 bits per heavy atom. The van der Waals surface area contributed by atoms with E-state index >= 15 is 0 Å². The second-order valence-corrected chi connectivity index (χ2v) is 4.38. The Bertz CT molecular complexity index is 422. The van der Waals surface area contributed by atoms with E-state index in [1.807, 2.05) is 0 Å². The molecule has 0 bridgehead atoms. The predicted octanol–water partition coefficient (Wildman–Crippen LogP) is 2.80. The van der Waals surface area contributed by atoms with Crippen LogP contribution in [0.1, 0.15) is 18.4 Å². The molecule has 1 fully saturated rings. The number of halogens is 1. The maximum Gasteiger partial charge on any atom is 0.0992 e. The van der Waals surface area contributed by atoms with E-state index in [1.54, 1.807) is 25.3 Å². The fourth-order valence-electron chi connectivity index (χ4n) is 1.80. The van der Waals surface area contributed by atoms with Crippen molar-refractivity contribution < 1.29 is 4.74 Å². The number of nitrogens with one attached hydrogen (secondary N) is 1. The number of nitrogens with zero attached hydrogens (tertiary/aromatic N) is 1. The number of benzene rings is 1. The number of hydrogen-bond acceptors (Lipinski definition) is 3. The number of anilines is 1. The molecule has 0 radical (unpaired) electrons. The Hall–Kier alpha value is -1.24. The van der Waals surface area contributed by atoms with E-state index < -0.39 is 0 Å². The standard InChI is InChI=1S/C12H13ClN2O/c1-16-10-5-9(6-10)15-12-4-8(7-14)2-3-11(12)13/h2-4,9-10,15H,5-6H2,1H3. The van der Waals surface area contributed by atoms with E-state index in [9.17, 15) is 0 Å². The highest BCUT2D eigenvalue weighted by Crippen LogP contribution is 2.30. The lowest BCUT2D eigenvalue weighted by Gasteiger charge is -2.35. The van der Waals surface area contributed by atoms with Crippen molar-refractivity contribution in [1.82, 2.24) is 0 Å². The Labute approximate surface area is 100.0 Å². The lowest BCUT2D eigenvalue weighted by atomic mass is 9.89. The van der Waals surface area contributed by atoms with E-state index in [-0.39, 0.29) is 0 Å². The van der Waals surface area contributed by atoms with E-state index in [2.05, 4.69) is 11.4 Å². The van der Waals surface area contributed by atoms with Crippen molar-refractivity contribution >= 4 is 17.3 Å². The lowest BCUT2D eigenvalue weighted by molar-refractivity contribution is 0.0329. The molecule has 2 rings (SSSR count). The van der Waals surface area contributed by atoms with Crippen LogP contribution in [0.3, 0.4) is 0 Å². The van der Waals surface area contributed by atoms with E-state index in [4.69, 9.17) is 21.6 Å². The van der Waals surface area contributed by atoms with Crippen LogP contribution in [0.4, 0.5) is 5.69 Å². The Morgan fingerprint density at radius 2 is 2.25 bits per heavy atom. The SMILES string of the molecule is COC1CC(Nc2cc(C#N)ccc2Cl)C1. The monoisotopic (exact) mass is 236 g/mol. The molecule has 0 amide bonds. The van der Waals surface area contributed by atoms with Gasteiger partial charge in [-0.2, -0.15) is 5.26 Å². The lowest BCUT2D eigenvalue weighted by Crippen LogP contribution is -2.40. The van der Waals surface area contributed by atoms with E-state index in [0.717, 1.165) is 18.5 Å². The van der Waals surface area contributed by atoms with Gasteiger partial charge in [0.1, 0.15) is 0 Å². The summed E-state index contributed by atoms with van der Waals surface area (Å²) in [4.78, 5) is 0. The molecule has 1 N–H and O–H groups in total. The molecule has 84 valence electrons. The van der Waals surface area contributed by atoms with Gasteiger partial charge >= 0.3 is 0 Å². The average Bonchev–Trinajstić information content (AvgIpc) is 2.25. The first-order valence-electron chi connectivity index (χ1n) is 5.22. The molecule has 0 heterocycles. The average molecular weight is 237 g/mol. The number of hydrogen-bond donors (Lipinski definition) is 1. The van der Waals surface area contributed by atoms with Crippen LogP contribution in [0, 0.1) is 11.3 Å². The van der Waals surface area contributed by atoms with Gasteiger partial charge < -0.3 is 10.1 Å². The van der Waals surface area contributed by atoms with Crippen LogP contribution in [0.25, 0.3) is 0 Å². The van der Waals surface area contributed by atoms with Gasteiger partial charge in [-0.15, -0.1) is 0 Å². The van der Waals surface area contributed by atoms with Gasteiger partial charge in [0.25, 0.3) is 0 Å². The summed E-state index contributed by atoms with van der Waals surface area (Å²) in [7, 11) is 1.73. The molecule has 0 atom stereocenters. The fourth-order valence-corrected chi connectivity index (χ4v) is 1.97. The summed E-state index contributed by atoms with van der Waals surface area (Å²) < 4.78 is 5.20. The highest BCUT2D eigenvalue weighted by molar-refractivity contribution is 6.33. The van der Waals surface area contributed by atoms with Crippen molar-refractivity contribution in [3.63, 3.8) is 0 Å². The third kappa shape index (κ3) is 2.29. The van der Waals surface area contributed by atoms with Gasteiger partial charge in [0.05, 0.1) is 28.4 Å². The van der Waals surface area contributed by atoms with Gasteiger partial charge in [-0.3, -0.25) is 0 Å². The predicted molar refractivity (Wildman–Crippen MR) is 63.6 cm³/mol. The Morgan fingerprint density at radius 1 is 1.50 bits per heavy atom. The van der Waals surface area contributed by atoms with Crippen molar-refractivity contribution in [3.8, 4) is 6.07 Å². The minimum Gasteiger partial charge on any atom is -0.381 e. The maximum atomic E-state index is 8.80. The molecule has 0 aromatic heterocycles. The molecule has 1 aliphatic carbocycles. The second-order valence-electron chi connectivity index (χ2n) is 3.98. The zero-order chi connectivity index (χ0) is 11.5. The Balaban J connectivity index is 2.02. The molecule has 1 aliphatic rings. The topological polar surface area (TPSA) is 45.0 Å². The summed E-state index contributed by atoms with van der Waals surface area (Å²) in [5, 5.41) is 12.8. The summed E-state index contributed by atoms with van der Waals surface area (Å²) in [6.07, 6.45) is 2.34. The molecule has 1 saturated carbocycles. The smallest absolute Gasteiger partial charge is 0.0992 e. The van der Waals surface area contributed by atoms with E-state index in [1.165, 1.54) is 0 Å². The molecule has 1 aromatic rings. The highest BCUT2D eigenvalue weighted by atomic mass is 35.5. The van der Waals surface area contributed by atoms with Crippen LogP contribution in [0.15, 0.2) is 18.2 Å². The molecule has 0 unspecified atom stereocenters. The summed E-state index contributed by atoms with van der Waals surface area (Å²) in [6.45, 7) is 0. The summed E-state index contributed by atoms with van der Waals surface area (Å²) in [5.41, 5.74) is 1.45. The summed E-state index contributed by atoms with van der Waals surface area (Å²) in [5.74, 6) is 0. The van der Waals surface area contributed by atoms with Crippen LogP contribution in [-0.2, 0) is 4.74 Å². The van der Waals surface area contributed by atoms with Crippen molar-refractivity contribution in [3.05, 3.63) is 28.8 Å². The Kier molecular flexibility index (Phi) is 3.33. The van der Waals surface area contributed by atoms with Gasteiger partial charge in [-0.1, -0.05) is 11.6 Å². The third-order valence-electron chi connectivity index (χ3n) is 2.88. The van der Waals surface area contributed by atoms with Crippen LogP contribution >= 0.6 is 11.6 Å². The molecular weight excluding hydrogens is 224 g/mol. The first kappa shape index (κ1) is 11.3. The van der Waals surface area contributed by atoms with Crippen molar-refractivity contribution in [2.75, 3.05) is 12.4 Å². The van der Waals surface area contributed by atoms with Crippen molar-refractivity contribution in [1.29, 1.82) is 5.26 Å². The largest absolute Gasteiger partial charge is 0.381 e. The summed E-state index contributed by atoms with van der Waals surface area (Å²) >= 11 is 6.05. The zero-order valence-corrected chi connectivity index (χ0v) is 9.79. The fraction of sp³-hybridized carbons (Fsp3) is 0.417. The molecule has 0 saturated heterocycles. The number of rotatable bonds is 3. The second kappa shape index (κ2) is 4.73. The number of nitriles is 1. The first-order valence-corrected chi connectivity index (χ1v) is 5.59. The van der Waals surface area contributed by atoms with Crippen molar-refractivity contribution in [2.24, 2.45) is 0 Å². The van der Waals surface area contributed by atoms with Crippen molar-refractivity contribution in [2.45, 2.75) is 25.0 Å². The van der Waals surface area contributed by atoms with Gasteiger partial charge in [-0.25, -0.2) is 0 Å². The maximum absolute atomic E-state index is 8.80. The molecule has 4 heteroatoms. The van der Waals surface area contributed by atoms with E-state index in [0.29, 0.717) is 22.7 Å². The molecule has 0 aliphatic heterocycles. The molecular formula is C12H13ClN2O. The van der Waals surface area contributed by atoms with Crippen LogP contribution in [0.5, 0.6) is 0 Å². The van der Waals surface area contributed by atoms with Crippen LogP contribution in [-0.4, -0.2) is 19.3 Å². The number of methoxy groups -OCH3 is 1. The molecule has 1 aromatic carbocycles. The highest BCUT2D eigenvalue weighted by Gasteiger charge is 2.29. The third-order valence-corrected chi connectivity index (χ3v) is 3.21. The molecule has 3 nitrogen and oxygen atoms in total. The van der Waals surface area contributed by atoms with Crippen LogP contribution in [0.2, 0.25) is 5.02 Å². The van der Waals surface area contributed by atoms with Gasteiger partial charge in [0.2, 0.25) is 0 Å². The minimum absolute atomic E-state index is 0.357.